The summed E-state index contributed by atoms with van der Waals surface area (Å²) in [6, 6.07) is 18.3. The number of carbonyl (C=O) groups excluding carboxylic acids is 1. The van der Waals surface area contributed by atoms with Gasteiger partial charge in [0, 0.05) is 52.3 Å². The molecule has 13 nitrogen and oxygen atoms in total. The number of nitrogens with one attached hydrogen (secondary N) is 2. The summed E-state index contributed by atoms with van der Waals surface area (Å²) in [5.74, 6) is 2.61. The molecule has 7 rings (SSSR count). The second-order valence-electron chi connectivity index (χ2n) is 11.8. The summed E-state index contributed by atoms with van der Waals surface area (Å²) >= 11 is 1.35. The van der Waals surface area contributed by atoms with Crippen molar-refractivity contribution < 1.29 is 42.0 Å². The van der Waals surface area contributed by atoms with Crippen LogP contribution in [0.25, 0.3) is 21.8 Å². The summed E-state index contributed by atoms with van der Waals surface area (Å²) in [7, 11) is 6.19. The van der Waals surface area contributed by atoms with Crippen molar-refractivity contribution in [2.75, 3.05) is 44.8 Å². The standard InChI is InChI=1S/C23H21FN4O4S.C17H15FN2O3/c1-12-13(2)33-23(26-12)28-22(29)27-17-6-5-14(9-16(17)24)32-19-7-8-25-18-11-21(31-4)20(30-3)10-15(18)19;1-21-16-8-11-14(9-17(16)22-2)20-6-5-15(11)23-10-3-4-13(19)12(18)7-10/h5-11H,1-4H3,(H2,26,27,28,29);3-9H,19H2,1-2H3. The fourth-order valence-electron chi connectivity index (χ4n) is 5.34. The molecule has 4 N–H and O–H groups in total. The molecule has 3 aromatic heterocycles. The number of hydrogen-bond acceptors (Lipinski definition) is 12. The van der Waals surface area contributed by atoms with E-state index in [-0.39, 0.29) is 17.1 Å². The number of methoxy groups -OCH3 is 4. The number of amides is 2. The second-order valence-corrected chi connectivity index (χ2v) is 13.0. The summed E-state index contributed by atoms with van der Waals surface area (Å²) in [6.07, 6.45) is 3.19. The molecule has 4 aromatic carbocycles. The molecule has 0 saturated carbocycles. The van der Waals surface area contributed by atoms with Gasteiger partial charge in [0.05, 0.1) is 56.5 Å². The summed E-state index contributed by atoms with van der Waals surface area (Å²) in [5.41, 5.74) is 7.70. The fraction of sp³-hybridized carbons (Fsp3) is 0.150. The number of rotatable bonds is 10. The van der Waals surface area contributed by atoms with Gasteiger partial charge in [0.1, 0.15) is 34.6 Å². The van der Waals surface area contributed by atoms with Crippen LogP contribution in [-0.2, 0) is 0 Å². The van der Waals surface area contributed by atoms with Gasteiger partial charge in [-0.15, -0.1) is 11.3 Å². The van der Waals surface area contributed by atoms with Crippen LogP contribution in [0.3, 0.4) is 0 Å². The maximum Gasteiger partial charge on any atom is 0.325 e. The van der Waals surface area contributed by atoms with Gasteiger partial charge in [0.15, 0.2) is 28.1 Å². The Morgan fingerprint density at radius 3 is 1.61 bits per heavy atom. The van der Waals surface area contributed by atoms with E-state index in [1.165, 1.54) is 42.7 Å². The van der Waals surface area contributed by atoms with Gasteiger partial charge in [-0.25, -0.2) is 18.6 Å². The molecule has 2 amide bonds. The van der Waals surface area contributed by atoms with Crippen LogP contribution in [0.4, 0.5) is 30.1 Å². The Kier molecular flexibility index (Phi) is 11.8. The van der Waals surface area contributed by atoms with Crippen LogP contribution in [-0.4, -0.2) is 49.4 Å². The van der Waals surface area contributed by atoms with Crippen LogP contribution >= 0.6 is 11.3 Å². The van der Waals surface area contributed by atoms with Crippen molar-refractivity contribution in [3.63, 3.8) is 0 Å². The minimum atomic E-state index is -0.647. The highest BCUT2D eigenvalue weighted by Gasteiger charge is 2.15. The number of benzene rings is 4. The average molecular weight is 783 g/mol. The lowest BCUT2D eigenvalue weighted by molar-refractivity contribution is 0.262. The first-order valence-electron chi connectivity index (χ1n) is 16.7. The maximum absolute atomic E-state index is 14.7. The third kappa shape index (κ3) is 8.71. The number of carbonyl (C=O) groups is 1. The number of pyridine rings is 2. The molecular weight excluding hydrogens is 747 g/mol. The number of hydrogen-bond donors (Lipinski definition) is 3. The summed E-state index contributed by atoms with van der Waals surface area (Å²) < 4.78 is 61.1. The van der Waals surface area contributed by atoms with E-state index in [1.54, 1.807) is 82.3 Å². The van der Waals surface area contributed by atoms with Crippen LogP contribution in [0.1, 0.15) is 10.6 Å². The molecule has 7 aromatic rings. The third-order valence-electron chi connectivity index (χ3n) is 8.28. The highest BCUT2D eigenvalue weighted by Crippen LogP contribution is 2.39. The Morgan fingerprint density at radius 2 is 1.14 bits per heavy atom. The monoisotopic (exact) mass is 782 g/mol. The first kappa shape index (κ1) is 38.8. The van der Waals surface area contributed by atoms with Crippen LogP contribution in [0.5, 0.6) is 46.0 Å². The summed E-state index contributed by atoms with van der Waals surface area (Å²) in [5, 5.41) is 6.93. The van der Waals surface area contributed by atoms with E-state index in [1.807, 2.05) is 13.8 Å². The van der Waals surface area contributed by atoms with Gasteiger partial charge >= 0.3 is 6.03 Å². The Bertz CT molecular complexity index is 2530. The number of ether oxygens (including phenoxy) is 6. The number of fused-ring (bicyclic) bond motifs is 2. The number of aryl methyl sites for hydroxylation is 2. The number of halogens is 2. The average Bonchev–Trinajstić information content (AvgIpc) is 3.51. The number of thiazole rings is 1. The minimum Gasteiger partial charge on any atom is -0.493 e. The quantitative estimate of drug-likeness (QED) is 0.113. The van der Waals surface area contributed by atoms with Crippen LogP contribution in [0.15, 0.2) is 85.2 Å². The van der Waals surface area contributed by atoms with Crippen molar-refractivity contribution in [3.05, 3.63) is 107 Å². The van der Waals surface area contributed by atoms with Crippen molar-refractivity contribution in [1.82, 2.24) is 15.0 Å². The molecule has 3 heterocycles. The van der Waals surface area contributed by atoms with Crippen molar-refractivity contribution in [2.45, 2.75) is 13.8 Å². The van der Waals surface area contributed by atoms with E-state index in [0.717, 1.165) is 16.0 Å². The fourth-order valence-corrected chi connectivity index (χ4v) is 6.15. The largest absolute Gasteiger partial charge is 0.493 e. The number of urea groups is 1. The summed E-state index contributed by atoms with van der Waals surface area (Å²) in [6.45, 7) is 3.76. The molecule has 0 radical (unpaired) electrons. The molecule has 0 aliphatic rings. The first-order chi connectivity index (χ1) is 27.0. The molecule has 0 aliphatic carbocycles. The smallest absolute Gasteiger partial charge is 0.325 e. The zero-order valence-corrected chi connectivity index (χ0v) is 31.8. The van der Waals surface area contributed by atoms with Crippen molar-refractivity contribution in [2.24, 2.45) is 0 Å². The van der Waals surface area contributed by atoms with Crippen molar-refractivity contribution in [1.29, 1.82) is 0 Å². The van der Waals surface area contributed by atoms with Gasteiger partial charge in [-0.2, -0.15) is 0 Å². The van der Waals surface area contributed by atoms with Gasteiger partial charge in [-0.05, 0) is 62.4 Å². The van der Waals surface area contributed by atoms with Gasteiger partial charge in [0.25, 0.3) is 0 Å². The SMILES string of the molecule is COc1cc2nccc(Oc3ccc(N)c(F)c3)c2cc1OC.COc1cc2nccc(Oc3ccc(NC(=O)Nc4nc(C)c(C)s4)c(F)c3)c2cc1OC. The van der Waals surface area contributed by atoms with Gasteiger partial charge < -0.3 is 39.5 Å². The highest BCUT2D eigenvalue weighted by atomic mass is 32.1. The van der Waals surface area contributed by atoms with E-state index in [9.17, 15) is 13.6 Å². The minimum absolute atomic E-state index is 0.0100. The topological polar surface area (TPSA) is 161 Å². The maximum atomic E-state index is 14.7. The van der Waals surface area contributed by atoms with Crippen molar-refractivity contribution >= 4 is 55.7 Å². The number of nitrogens with zero attached hydrogens (tertiary/aromatic N) is 3. The lowest BCUT2D eigenvalue weighted by Gasteiger charge is -2.13. The normalized spacial score (nSPS) is 10.6. The number of aromatic nitrogens is 3. The van der Waals surface area contributed by atoms with E-state index >= 15 is 0 Å². The van der Waals surface area contributed by atoms with E-state index in [4.69, 9.17) is 34.2 Å². The van der Waals surface area contributed by atoms with Crippen LogP contribution < -0.4 is 44.8 Å². The lowest BCUT2D eigenvalue weighted by atomic mass is 10.2. The molecule has 0 fully saturated rings. The predicted octanol–water partition coefficient (Wildman–Crippen LogP) is 9.67. The van der Waals surface area contributed by atoms with Crippen LogP contribution in [0, 0.1) is 25.5 Å². The van der Waals surface area contributed by atoms with Crippen LogP contribution in [0.2, 0.25) is 0 Å². The molecule has 16 heteroatoms. The number of nitrogens with two attached hydrogens (primary N) is 1. The molecule has 0 aliphatic heterocycles. The lowest BCUT2D eigenvalue weighted by Crippen LogP contribution is -2.20. The molecule has 0 bridgehead atoms. The van der Waals surface area contributed by atoms with Gasteiger partial charge in [-0.3, -0.25) is 15.3 Å². The van der Waals surface area contributed by atoms with E-state index in [2.05, 4.69) is 25.6 Å². The zero-order chi connectivity index (χ0) is 39.9. The molecule has 0 saturated heterocycles. The first-order valence-corrected chi connectivity index (χ1v) is 17.6. The molecular formula is C40H36F2N6O7S. The van der Waals surface area contributed by atoms with E-state index in [0.29, 0.717) is 61.8 Å². The van der Waals surface area contributed by atoms with Crippen molar-refractivity contribution in [3.8, 4) is 46.0 Å². The predicted molar refractivity (Wildman–Crippen MR) is 211 cm³/mol. The Morgan fingerprint density at radius 1 is 0.643 bits per heavy atom. The highest BCUT2D eigenvalue weighted by molar-refractivity contribution is 7.15. The van der Waals surface area contributed by atoms with Gasteiger partial charge in [0.2, 0.25) is 0 Å². The molecule has 0 spiro atoms. The molecule has 288 valence electrons. The number of nitrogen functional groups attached to an aromatic ring is 1. The zero-order valence-electron chi connectivity index (χ0n) is 31.0. The Hall–Kier alpha value is -6.94. The second kappa shape index (κ2) is 17.0. The van der Waals surface area contributed by atoms with E-state index < -0.39 is 17.7 Å². The molecule has 0 atom stereocenters. The molecule has 0 unspecified atom stereocenters. The summed E-state index contributed by atoms with van der Waals surface area (Å²) in [4.78, 5) is 26.1. The third-order valence-corrected chi connectivity index (χ3v) is 9.27. The van der Waals surface area contributed by atoms with Gasteiger partial charge in [-0.1, -0.05) is 0 Å². The Balaban J connectivity index is 0.000000202. The number of anilines is 3. The Labute approximate surface area is 323 Å². The molecule has 56 heavy (non-hydrogen) atoms.